The molecule has 0 radical (unpaired) electrons. The fourth-order valence-electron chi connectivity index (χ4n) is 2.93. The average Bonchev–Trinajstić information content (AvgIpc) is 2.87. The maximum atomic E-state index is 12.3. The number of likely N-dealkylation sites (tertiary alicyclic amines) is 1. The summed E-state index contributed by atoms with van der Waals surface area (Å²) in [7, 11) is 0. The van der Waals surface area contributed by atoms with Crippen LogP contribution < -0.4 is 0 Å². The van der Waals surface area contributed by atoms with Gasteiger partial charge in [-0.1, -0.05) is 17.2 Å². The van der Waals surface area contributed by atoms with Gasteiger partial charge in [-0.05, 0) is 31.9 Å². The van der Waals surface area contributed by atoms with Crippen LogP contribution in [0, 0.1) is 5.92 Å². The molecule has 1 fully saturated rings. The minimum atomic E-state index is -0.641. The van der Waals surface area contributed by atoms with E-state index in [4.69, 9.17) is 9.57 Å². The van der Waals surface area contributed by atoms with Gasteiger partial charge in [-0.2, -0.15) is 0 Å². The van der Waals surface area contributed by atoms with Crippen molar-refractivity contribution in [2.45, 2.75) is 19.8 Å². The minimum Gasteiger partial charge on any atom is -0.450 e. The van der Waals surface area contributed by atoms with Gasteiger partial charge in [0.05, 0.1) is 23.7 Å². The molecule has 0 saturated carbocycles. The highest BCUT2D eigenvalue weighted by atomic mass is 16.7. The first kappa shape index (κ1) is 16.9. The summed E-state index contributed by atoms with van der Waals surface area (Å²) < 4.78 is 4.92. The zero-order chi connectivity index (χ0) is 18.0. The van der Waals surface area contributed by atoms with Gasteiger partial charge in [-0.25, -0.2) is 9.59 Å². The highest BCUT2D eigenvalue weighted by Crippen LogP contribution is 2.25. The molecule has 8 heteroatoms. The predicted octanol–water partition coefficient (Wildman–Crippen LogP) is 1.61. The molecule has 0 bridgehead atoms. The van der Waals surface area contributed by atoms with Crippen molar-refractivity contribution in [2.75, 3.05) is 19.7 Å². The van der Waals surface area contributed by atoms with Crippen LogP contribution in [0.15, 0.2) is 24.3 Å². The fraction of sp³-hybridized carbons (Fsp3) is 0.412. The number of carbonyl (C=O) groups is 4. The number of hydrogen-bond donors (Lipinski definition) is 0. The summed E-state index contributed by atoms with van der Waals surface area (Å²) in [6.07, 6.45) is 0.372. The lowest BCUT2D eigenvalue weighted by molar-refractivity contribution is -0.175. The van der Waals surface area contributed by atoms with Crippen LogP contribution >= 0.6 is 0 Å². The van der Waals surface area contributed by atoms with Gasteiger partial charge in [0, 0.05) is 13.1 Å². The molecule has 2 aliphatic heterocycles. The number of imide groups is 1. The van der Waals surface area contributed by atoms with E-state index < -0.39 is 29.8 Å². The van der Waals surface area contributed by atoms with E-state index in [1.165, 1.54) is 17.0 Å². The van der Waals surface area contributed by atoms with Crippen molar-refractivity contribution in [2.24, 2.45) is 5.92 Å². The van der Waals surface area contributed by atoms with Crippen molar-refractivity contribution in [1.29, 1.82) is 0 Å². The van der Waals surface area contributed by atoms with Crippen LogP contribution in [-0.4, -0.2) is 53.5 Å². The molecule has 1 saturated heterocycles. The van der Waals surface area contributed by atoms with E-state index >= 15 is 0 Å². The molecule has 25 heavy (non-hydrogen) atoms. The quantitative estimate of drug-likeness (QED) is 0.772. The third-order valence-electron chi connectivity index (χ3n) is 4.29. The fourth-order valence-corrected chi connectivity index (χ4v) is 2.93. The molecule has 2 heterocycles. The second kappa shape index (κ2) is 6.92. The molecule has 132 valence electrons. The van der Waals surface area contributed by atoms with Gasteiger partial charge in [-0.3, -0.25) is 9.59 Å². The van der Waals surface area contributed by atoms with Crippen LogP contribution in [0.2, 0.25) is 0 Å². The maximum absolute atomic E-state index is 12.3. The molecule has 1 aromatic rings. The third-order valence-corrected chi connectivity index (χ3v) is 4.29. The minimum absolute atomic E-state index is 0.220. The Kier molecular flexibility index (Phi) is 4.69. The number of fused-ring (bicyclic) bond motifs is 1. The number of hydrogen-bond acceptors (Lipinski definition) is 6. The second-order valence-electron chi connectivity index (χ2n) is 5.82. The van der Waals surface area contributed by atoms with E-state index in [-0.39, 0.29) is 11.1 Å². The van der Waals surface area contributed by atoms with Gasteiger partial charge in [0.25, 0.3) is 11.8 Å². The Morgan fingerprint density at radius 1 is 1.08 bits per heavy atom. The zero-order valence-corrected chi connectivity index (χ0v) is 13.8. The first-order valence-electron chi connectivity index (χ1n) is 8.14. The van der Waals surface area contributed by atoms with Crippen molar-refractivity contribution in [3.05, 3.63) is 35.4 Å². The van der Waals surface area contributed by atoms with Gasteiger partial charge < -0.3 is 14.5 Å². The molecule has 8 nitrogen and oxygen atoms in total. The molecule has 0 N–H and O–H groups in total. The van der Waals surface area contributed by atoms with Crippen LogP contribution in [0.5, 0.6) is 0 Å². The Hall–Kier alpha value is -2.90. The normalized spacial score (nSPS) is 17.5. The Bertz CT molecular complexity index is 689. The number of rotatable bonds is 3. The van der Waals surface area contributed by atoms with E-state index in [1.54, 1.807) is 19.1 Å². The summed E-state index contributed by atoms with van der Waals surface area (Å²) in [5.74, 6) is -2.40. The lowest BCUT2D eigenvalue weighted by Gasteiger charge is -2.30. The summed E-state index contributed by atoms with van der Waals surface area (Å²) in [5, 5.41) is 0.519. The summed E-state index contributed by atoms with van der Waals surface area (Å²) in [5.41, 5.74) is 0.440. The SMILES string of the molecule is CCOC(=O)N1CCC(C(=O)ON2C(=O)c3ccccc3C2=O)CC1. The van der Waals surface area contributed by atoms with E-state index in [2.05, 4.69) is 0 Å². The molecule has 3 rings (SSSR count). The van der Waals surface area contributed by atoms with Gasteiger partial charge in [0.1, 0.15) is 0 Å². The van der Waals surface area contributed by atoms with Gasteiger partial charge in [0.2, 0.25) is 0 Å². The number of piperidine rings is 1. The Morgan fingerprint density at radius 2 is 1.64 bits per heavy atom. The van der Waals surface area contributed by atoms with Crippen LogP contribution in [0.4, 0.5) is 4.79 Å². The van der Waals surface area contributed by atoms with Gasteiger partial charge >= 0.3 is 12.1 Å². The molecular weight excluding hydrogens is 328 g/mol. The number of carbonyl (C=O) groups excluding carboxylic acids is 4. The molecule has 0 unspecified atom stereocenters. The second-order valence-corrected chi connectivity index (χ2v) is 5.82. The Labute approximate surface area is 144 Å². The third kappa shape index (κ3) is 3.19. The monoisotopic (exact) mass is 346 g/mol. The molecule has 1 aromatic carbocycles. The van der Waals surface area contributed by atoms with Crippen molar-refractivity contribution < 1.29 is 28.8 Å². The number of benzene rings is 1. The first-order chi connectivity index (χ1) is 12.0. The summed E-state index contributed by atoms with van der Waals surface area (Å²) in [6, 6.07) is 6.31. The highest BCUT2D eigenvalue weighted by molar-refractivity contribution is 6.20. The molecular formula is C17H18N2O6. The average molecular weight is 346 g/mol. The van der Waals surface area contributed by atoms with Crippen LogP contribution in [0.3, 0.4) is 0 Å². The van der Waals surface area contributed by atoms with Crippen LogP contribution in [0.25, 0.3) is 0 Å². The summed E-state index contributed by atoms with van der Waals surface area (Å²) >= 11 is 0. The summed E-state index contributed by atoms with van der Waals surface area (Å²) in [4.78, 5) is 54.9. The van der Waals surface area contributed by atoms with Crippen molar-refractivity contribution in [1.82, 2.24) is 9.96 Å². The topological polar surface area (TPSA) is 93.2 Å². The van der Waals surface area contributed by atoms with Gasteiger partial charge in [0.15, 0.2) is 0 Å². The number of hydroxylamine groups is 2. The van der Waals surface area contributed by atoms with E-state index in [9.17, 15) is 19.2 Å². The van der Waals surface area contributed by atoms with Crippen LogP contribution in [0.1, 0.15) is 40.5 Å². The van der Waals surface area contributed by atoms with Crippen LogP contribution in [-0.2, 0) is 14.4 Å². The predicted molar refractivity (Wildman–Crippen MR) is 84.4 cm³/mol. The number of ether oxygens (including phenoxy) is 1. The highest BCUT2D eigenvalue weighted by Gasteiger charge is 2.40. The number of nitrogens with zero attached hydrogens (tertiary/aromatic N) is 2. The molecule has 0 atom stereocenters. The molecule has 0 spiro atoms. The Morgan fingerprint density at radius 3 is 2.16 bits per heavy atom. The maximum Gasteiger partial charge on any atom is 0.409 e. The van der Waals surface area contributed by atoms with E-state index in [0.717, 1.165) is 0 Å². The Balaban J connectivity index is 1.58. The first-order valence-corrected chi connectivity index (χ1v) is 8.14. The van der Waals surface area contributed by atoms with Gasteiger partial charge in [-0.15, -0.1) is 0 Å². The van der Waals surface area contributed by atoms with E-state index in [1.807, 2.05) is 0 Å². The molecule has 0 aliphatic carbocycles. The molecule has 3 amide bonds. The van der Waals surface area contributed by atoms with Crippen molar-refractivity contribution in [3.63, 3.8) is 0 Å². The molecule has 2 aliphatic rings. The summed E-state index contributed by atoms with van der Waals surface area (Å²) in [6.45, 7) is 2.74. The number of amides is 3. The van der Waals surface area contributed by atoms with Crippen molar-refractivity contribution in [3.8, 4) is 0 Å². The smallest absolute Gasteiger partial charge is 0.409 e. The largest absolute Gasteiger partial charge is 0.450 e. The van der Waals surface area contributed by atoms with E-state index in [0.29, 0.717) is 37.6 Å². The lowest BCUT2D eigenvalue weighted by Crippen LogP contribution is -2.42. The lowest BCUT2D eigenvalue weighted by atomic mass is 9.97. The molecule has 0 aromatic heterocycles. The standard InChI is InChI=1S/C17H18N2O6/c1-2-24-17(23)18-9-7-11(8-10-18)16(22)25-19-14(20)12-5-3-4-6-13(12)15(19)21/h3-6,11H,2,7-10H2,1H3. The zero-order valence-electron chi connectivity index (χ0n) is 13.8. The van der Waals surface area contributed by atoms with Crippen molar-refractivity contribution >= 4 is 23.9 Å².